The smallest absolute Gasteiger partial charge is 0.271 e. The topological polar surface area (TPSA) is 81.9 Å². The lowest BCUT2D eigenvalue weighted by Crippen LogP contribution is -2.17. The highest BCUT2D eigenvalue weighted by Gasteiger charge is 2.07. The second kappa shape index (κ2) is 6.19. The Balaban J connectivity index is 1.73. The lowest BCUT2D eigenvalue weighted by molar-refractivity contribution is 0.0954. The fourth-order valence-electron chi connectivity index (χ4n) is 2.24. The maximum absolute atomic E-state index is 11.9. The summed E-state index contributed by atoms with van der Waals surface area (Å²) in [6, 6.07) is 17.4. The van der Waals surface area contributed by atoms with Crippen molar-refractivity contribution in [2.45, 2.75) is 0 Å². The summed E-state index contributed by atoms with van der Waals surface area (Å²) in [6.45, 7) is 0. The monoisotopic (exact) mass is 306 g/mol. The molecule has 0 heterocycles. The Hall–Kier alpha value is -3.34. The summed E-state index contributed by atoms with van der Waals surface area (Å²) in [4.78, 5) is 11.9. The molecule has 3 rings (SSSR count). The van der Waals surface area contributed by atoms with Gasteiger partial charge >= 0.3 is 0 Å². The number of carbonyl (C=O) groups is 1. The molecule has 0 saturated heterocycles. The van der Waals surface area contributed by atoms with Crippen molar-refractivity contribution in [2.24, 2.45) is 5.10 Å². The van der Waals surface area contributed by atoms with Crippen molar-refractivity contribution in [1.82, 2.24) is 5.43 Å². The number of rotatable bonds is 3. The molecule has 0 aromatic heterocycles. The molecule has 0 spiro atoms. The van der Waals surface area contributed by atoms with Gasteiger partial charge in [-0.2, -0.15) is 5.10 Å². The maximum atomic E-state index is 11.9. The molecule has 3 aromatic rings. The molecule has 0 unspecified atom stereocenters. The molecule has 0 fully saturated rings. The molecule has 0 aliphatic heterocycles. The summed E-state index contributed by atoms with van der Waals surface area (Å²) in [5.41, 5.74) is 3.33. The van der Waals surface area contributed by atoms with Crippen LogP contribution in [0.1, 0.15) is 15.9 Å². The first-order chi connectivity index (χ1) is 11.1. The third-order valence-electron chi connectivity index (χ3n) is 3.32. The predicted octanol–water partition coefficient (Wildman–Crippen LogP) is 3.01. The SMILES string of the molecule is O=C(N/N=C/c1ccc2ccccc2c1)c1cc(O)cc(O)c1. The van der Waals surface area contributed by atoms with E-state index in [1.54, 1.807) is 0 Å². The van der Waals surface area contributed by atoms with Gasteiger partial charge in [0.05, 0.1) is 6.21 Å². The number of amides is 1. The number of nitrogens with one attached hydrogen (secondary N) is 1. The Morgan fingerprint density at radius 1 is 0.913 bits per heavy atom. The van der Waals surface area contributed by atoms with Gasteiger partial charge in [-0.15, -0.1) is 0 Å². The maximum Gasteiger partial charge on any atom is 0.271 e. The molecule has 0 bridgehead atoms. The number of hydrogen-bond donors (Lipinski definition) is 3. The largest absolute Gasteiger partial charge is 0.508 e. The van der Waals surface area contributed by atoms with E-state index in [1.165, 1.54) is 18.3 Å². The molecule has 1 amide bonds. The summed E-state index contributed by atoms with van der Waals surface area (Å²) in [6.07, 6.45) is 1.53. The van der Waals surface area contributed by atoms with E-state index < -0.39 is 5.91 Å². The molecule has 23 heavy (non-hydrogen) atoms. The van der Waals surface area contributed by atoms with Crippen LogP contribution in [0.4, 0.5) is 0 Å². The molecule has 5 heteroatoms. The van der Waals surface area contributed by atoms with Crippen LogP contribution < -0.4 is 5.43 Å². The van der Waals surface area contributed by atoms with Crippen LogP contribution in [0.25, 0.3) is 10.8 Å². The first kappa shape index (κ1) is 14.6. The van der Waals surface area contributed by atoms with Gasteiger partial charge in [0.25, 0.3) is 5.91 Å². The summed E-state index contributed by atoms with van der Waals surface area (Å²) >= 11 is 0. The zero-order valence-corrected chi connectivity index (χ0v) is 12.1. The van der Waals surface area contributed by atoms with Gasteiger partial charge in [0, 0.05) is 11.6 Å². The van der Waals surface area contributed by atoms with Crippen molar-refractivity contribution in [3.8, 4) is 11.5 Å². The summed E-state index contributed by atoms with van der Waals surface area (Å²) < 4.78 is 0. The predicted molar refractivity (Wildman–Crippen MR) is 88.8 cm³/mol. The molecule has 0 aliphatic rings. The summed E-state index contributed by atoms with van der Waals surface area (Å²) in [7, 11) is 0. The number of fused-ring (bicyclic) bond motifs is 1. The van der Waals surface area contributed by atoms with Crippen LogP contribution in [0.15, 0.2) is 65.8 Å². The summed E-state index contributed by atoms with van der Waals surface area (Å²) in [5, 5.41) is 24.8. The number of benzene rings is 3. The Kier molecular flexibility index (Phi) is 3.93. The van der Waals surface area contributed by atoms with Crippen LogP contribution in [0, 0.1) is 0 Å². The van der Waals surface area contributed by atoms with Crippen LogP contribution in [-0.2, 0) is 0 Å². The van der Waals surface area contributed by atoms with E-state index in [-0.39, 0.29) is 17.1 Å². The van der Waals surface area contributed by atoms with Crippen LogP contribution in [-0.4, -0.2) is 22.3 Å². The van der Waals surface area contributed by atoms with Crippen molar-refractivity contribution < 1.29 is 15.0 Å². The van der Waals surface area contributed by atoms with E-state index in [1.807, 2.05) is 42.5 Å². The van der Waals surface area contributed by atoms with E-state index in [0.717, 1.165) is 22.4 Å². The molecule has 0 radical (unpaired) electrons. The van der Waals surface area contributed by atoms with Gasteiger partial charge < -0.3 is 10.2 Å². The molecule has 3 aromatic carbocycles. The Morgan fingerprint density at radius 3 is 2.35 bits per heavy atom. The van der Waals surface area contributed by atoms with E-state index in [9.17, 15) is 15.0 Å². The van der Waals surface area contributed by atoms with E-state index >= 15 is 0 Å². The Morgan fingerprint density at radius 2 is 1.61 bits per heavy atom. The fraction of sp³-hybridized carbons (Fsp3) is 0. The Labute approximate surface area is 132 Å². The van der Waals surface area contributed by atoms with Crippen LogP contribution in [0.3, 0.4) is 0 Å². The van der Waals surface area contributed by atoms with Gasteiger partial charge in [0.2, 0.25) is 0 Å². The molecule has 3 N–H and O–H groups in total. The second-order valence-electron chi connectivity index (χ2n) is 5.04. The van der Waals surface area contributed by atoms with Gasteiger partial charge in [-0.05, 0) is 34.5 Å². The van der Waals surface area contributed by atoms with Gasteiger partial charge in [0.15, 0.2) is 0 Å². The van der Waals surface area contributed by atoms with Crippen LogP contribution in [0.2, 0.25) is 0 Å². The minimum absolute atomic E-state index is 0.123. The molecule has 114 valence electrons. The van der Waals surface area contributed by atoms with Gasteiger partial charge in [0.1, 0.15) is 11.5 Å². The van der Waals surface area contributed by atoms with Crippen molar-refractivity contribution in [1.29, 1.82) is 0 Å². The normalized spacial score (nSPS) is 11.0. The molecule has 0 saturated carbocycles. The van der Waals surface area contributed by atoms with Crippen molar-refractivity contribution >= 4 is 22.9 Å². The standard InChI is InChI=1S/C18H14N2O3/c21-16-8-15(9-17(22)10-16)18(23)20-19-11-12-5-6-13-3-1-2-4-14(13)7-12/h1-11,21-22H,(H,20,23)/b19-11+. The van der Waals surface area contributed by atoms with Gasteiger partial charge in [-0.25, -0.2) is 5.43 Å². The highest BCUT2D eigenvalue weighted by molar-refractivity contribution is 5.96. The number of phenolic OH excluding ortho intramolecular Hbond substituents is 2. The quantitative estimate of drug-likeness (QED) is 0.514. The minimum atomic E-state index is -0.520. The number of carbonyl (C=O) groups excluding carboxylic acids is 1. The van der Waals surface area contributed by atoms with Crippen LogP contribution >= 0.6 is 0 Å². The lowest BCUT2D eigenvalue weighted by Gasteiger charge is -2.02. The van der Waals surface area contributed by atoms with E-state index in [2.05, 4.69) is 10.5 Å². The van der Waals surface area contributed by atoms with E-state index in [4.69, 9.17) is 0 Å². The average molecular weight is 306 g/mol. The molecular weight excluding hydrogens is 292 g/mol. The van der Waals surface area contributed by atoms with Gasteiger partial charge in [-0.1, -0.05) is 36.4 Å². The third-order valence-corrected chi connectivity index (χ3v) is 3.32. The summed E-state index contributed by atoms with van der Waals surface area (Å²) in [5.74, 6) is -0.893. The number of hydrogen-bond acceptors (Lipinski definition) is 4. The minimum Gasteiger partial charge on any atom is -0.508 e. The van der Waals surface area contributed by atoms with Crippen molar-refractivity contribution in [3.05, 3.63) is 71.8 Å². The molecule has 5 nitrogen and oxygen atoms in total. The number of hydrazone groups is 1. The number of phenols is 2. The number of aromatic hydroxyl groups is 2. The third kappa shape index (κ3) is 3.47. The zero-order chi connectivity index (χ0) is 16.2. The first-order valence-corrected chi connectivity index (χ1v) is 6.97. The molecule has 0 aliphatic carbocycles. The van der Waals surface area contributed by atoms with E-state index in [0.29, 0.717) is 0 Å². The molecule has 0 atom stereocenters. The number of nitrogens with zero attached hydrogens (tertiary/aromatic N) is 1. The van der Waals surface area contributed by atoms with Crippen molar-refractivity contribution in [2.75, 3.05) is 0 Å². The van der Waals surface area contributed by atoms with Crippen molar-refractivity contribution in [3.63, 3.8) is 0 Å². The Bertz CT molecular complexity index is 883. The van der Waals surface area contributed by atoms with Gasteiger partial charge in [-0.3, -0.25) is 4.79 Å². The second-order valence-corrected chi connectivity index (χ2v) is 5.04. The fourth-order valence-corrected chi connectivity index (χ4v) is 2.24. The lowest BCUT2D eigenvalue weighted by atomic mass is 10.1. The first-order valence-electron chi connectivity index (χ1n) is 6.97. The van der Waals surface area contributed by atoms with Crippen LogP contribution in [0.5, 0.6) is 11.5 Å². The molecular formula is C18H14N2O3. The average Bonchev–Trinajstić information content (AvgIpc) is 2.53. The highest BCUT2D eigenvalue weighted by atomic mass is 16.3. The zero-order valence-electron chi connectivity index (χ0n) is 12.1. The highest BCUT2D eigenvalue weighted by Crippen LogP contribution is 2.20.